The van der Waals surface area contributed by atoms with Crippen LogP contribution >= 0.6 is 15.9 Å². The summed E-state index contributed by atoms with van der Waals surface area (Å²) < 4.78 is 16.0. The van der Waals surface area contributed by atoms with Crippen molar-refractivity contribution < 1.29 is 9.15 Å². The molecule has 0 amide bonds. The van der Waals surface area contributed by atoms with E-state index in [2.05, 4.69) is 49.0 Å². The number of aromatic nitrogens is 5. The van der Waals surface area contributed by atoms with Crippen LogP contribution < -0.4 is 15.2 Å². The lowest BCUT2D eigenvalue weighted by Crippen LogP contribution is -2.41. The molecule has 1 atom stereocenters. The maximum Gasteiger partial charge on any atom is 0.297 e. The first-order valence-electron chi connectivity index (χ1n) is 11.5. The van der Waals surface area contributed by atoms with Gasteiger partial charge in [-0.1, -0.05) is 34.1 Å². The van der Waals surface area contributed by atoms with E-state index < -0.39 is 0 Å². The molecule has 182 valence electrons. The van der Waals surface area contributed by atoms with Gasteiger partial charge in [0, 0.05) is 37.5 Å². The highest BCUT2D eigenvalue weighted by molar-refractivity contribution is 9.10. The molecule has 3 aromatic heterocycles. The van der Waals surface area contributed by atoms with Crippen molar-refractivity contribution in [3.8, 4) is 17.3 Å². The van der Waals surface area contributed by atoms with Gasteiger partial charge in [-0.05, 0) is 41.8 Å². The molecule has 0 aliphatic carbocycles. The third-order valence-corrected chi connectivity index (χ3v) is 7.12. The highest BCUT2D eigenvalue weighted by atomic mass is 79.9. The van der Waals surface area contributed by atoms with Crippen LogP contribution in [0.3, 0.4) is 0 Å². The first kappa shape index (κ1) is 22.5. The van der Waals surface area contributed by atoms with Crippen molar-refractivity contribution in [1.29, 1.82) is 0 Å². The Morgan fingerprint density at radius 2 is 1.97 bits per heavy atom. The molecule has 1 aliphatic rings. The zero-order valence-corrected chi connectivity index (χ0v) is 21.6. The van der Waals surface area contributed by atoms with Crippen molar-refractivity contribution in [2.75, 3.05) is 18.6 Å². The van der Waals surface area contributed by atoms with E-state index in [9.17, 15) is 4.79 Å². The lowest BCUT2D eigenvalue weighted by Gasteiger charge is -2.38. The SMILES string of the molecule is COc1c(-c2nc3ccccc3o2)nc(N2CCc3ccc(Br)cc3C2c2nccn2C)n(C)c1=O. The summed E-state index contributed by atoms with van der Waals surface area (Å²) in [6.07, 6.45) is 4.50. The lowest BCUT2D eigenvalue weighted by atomic mass is 9.92. The third-order valence-electron chi connectivity index (χ3n) is 6.62. The molecule has 6 rings (SSSR count). The first-order valence-corrected chi connectivity index (χ1v) is 12.3. The molecular formula is C26H23BrN6O3. The van der Waals surface area contributed by atoms with Crippen molar-refractivity contribution in [1.82, 2.24) is 24.1 Å². The Morgan fingerprint density at radius 1 is 1.14 bits per heavy atom. The van der Waals surface area contributed by atoms with Crippen LogP contribution in [0.4, 0.5) is 5.95 Å². The lowest BCUT2D eigenvalue weighted by molar-refractivity contribution is 0.401. The van der Waals surface area contributed by atoms with Gasteiger partial charge in [-0.25, -0.2) is 15.0 Å². The fourth-order valence-electron chi connectivity index (χ4n) is 4.85. The standard InChI is InChI=1S/C26H23BrN6O3/c1-31-13-11-28-23(31)21-17-14-16(27)9-8-15(17)10-12-33(21)26-30-20(22(35-3)25(34)32(26)2)24-29-18-6-4-5-7-19(18)36-24/h4-9,11,13-14,21H,10,12H2,1-3H3. The second-order valence-corrected chi connectivity index (χ2v) is 9.65. The van der Waals surface area contributed by atoms with E-state index in [0.29, 0.717) is 23.6 Å². The van der Waals surface area contributed by atoms with Crippen LogP contribution in [0.25, 0.3) is 22.7 Å². The molecule has 5 aromatic rings. The number of oxazole rings is 1. The molecule has 0 fully saturated rings. The first-order chi connectivity index (χ1) is 17.5. The summed E-state index contributed by atoms with van der Waals surface area (Å²) in [7, 11) is 5.13. The molecule has 2 aromatic carbocycles. The van der Waals surface area contributed by atoms with Gasteiger partial charge in [0.2, 0.25) is 11.7 Å². The maximum atomic E-state index is 13.5. The second kappa shape index (κ2) is 8.63. The van der Waals surface area contributed by atoms with E-state index in [-0.39, 0.29) is 28.9 Å². The molecule has 0 bridgehead atoms. The van der Waals surface area contributed by atoms with E-state index in [4.69, 9.17) is 14.1 Å². The minimum Gasteiger partial charge on any atom is -0.489 e. The van der Waals surface area contributed by atoms with Crippen LogP contribution in [0.5, 0.6) is 5.75 Å². The van der Waals surface area contributed by atoms with Crippen LogP contribution in [-0.2, 0) is 20.5 Å². The van der Waals surface area contributed by atoms with E-state index in [1.807, 2.05) is 42.1 Å². The molecule has 0 saturated heterocycles. The molecule has 0 spiro atoms. The van der Waals surface area contributed by atoms with Crippen molar-refractivity contribution in [2.45, 2.75) is 12.5 Å². The van der Waals surface area contributed by atoms with Gasteiger partial charge >= 0.3 is 0 Å². The average Bonchev–Trinajstić information content (AvgIpc) is 3.50. The predicted octanol–water partition coefficient (Wildman–Crippen LogP) is 4.25. The maximum absolute atomic E-state index is 13.5. The van der Waals surface area contributed by atoms with Gasteiger partial charge in [-0.15, -0.1) is 0 Å². The predicted molar refractivity (Wildman–Crippen MR) is 139 cm³/mol. The normalized spacial score (nSPS) is 15.3. The third kappa shape index (κ3) is 3.51. The minimum atomic E-state index is -0.321. The average molecular weight is 547 g/mol. The number of rotatable bonds is 4. The van der Waals surface area contributed by atoms with E-state index in [0.717, 1.165) is 22.3 Å². The Kier molecular flexibility index (Phi) is 5.40. The monoisotopic (exact) mass is 546 g/mol. The van der Waals surface area contributed by atoms with Gasteiger partial charge in [0.1, 0.15) is 17.4 Å². The summed E-state index contributed by atoms with van der Waals surface area (Å²) in [5.41, 5.74) is 3.59. The van der Waals surface area contributed by atoms with Crippen molar-refractivity contribution in [3.63, 3.8) is 0 Å². The fourth-order valence-corrected chi connectivity index (χ4v) is 5.23. The molecule has 4 heterocycles. The number of anilines is 1. The molecule has 1 unspecified atom stereocenters. The van der Waals surface area contributed by atoms with Crippen molar-refractivity contribution in [2.24, 2.45) is 14.1 Å². The number of ether oxygens (including phenoxy) is 1. The Labute approximate surface area is 215 Å². The zero-order valence-electron chi connectivity index (χ0n) is 20.0. The topological polar surface area (TPSA) is 91.2 Å². The summed E-state index contributed by atoms with van der Waals surface area (Å²) in [5.74, 6) is 1.65. The van der Waals surface area contributed by atoms with Gasteiger partial charge < -0.3 is 18.6 Å². The number of aryl methyl sites for hydroxylation is 1. The summed E-state index contributed by atoms with van der Waals surface area (Å²) in [6.45, 7) is 0.645. The summed E-state index contributed by atoms with van der Waals surface area (Å²) in [5, 5.41) is 0. The number of benzene rings is 2. The van der Waals surface area contributed by atoms with Crippen LogP contribution in [0, 0.1) is 0 Å². The molecular weight excluding hydrogens is 524 g/mol. The molecule has 0 N–H and O–H groups in total. The summed E-state index contributed by atoms with van der Waals surface area (Å²) >= 11 is 3.63. The highest BCUT2D eigenvalue weighted by Crippen LogP contribution is 2.39. The van der Waals surface area contributed by atoms with Crippen LogP contribution in [-0.4, -0.2) is 37.7 Å². The summed E-state index contributed by atoms with van der Waals surface area (Å²) in [6, 6.07) is 13.5. The molecule has 36 heavy (non-hydrogen) atoms. The Hall–Kier alpha value is -3.92. The van der Waals surface area contributed by atoms with Crippen molar-refractivity contribution in [3.05, 3.63) is 86.6 Å². The van der Waals surface area contributed by atoms with E-state index in [1.165, 1.54) is 17.2 Å². The van der Waals surface area contributed by atoms with Crippen LogP contribution in [0.1, 0.15) is 23.0 Å². The van der Waals surface area contributed by atoms with E-state index in [1.54, 1.807) is 13.2 Å². The smallest absolute Gasteiger partial charge is 0.297 e. The zero-order chi connectivity index (χ0) is 25.0. The van der Waals surface area contributed by atoms with Gasteiger partial charge in [-0.2, -0.15) is 0 Å². The number of fused-ring (bicyclic) bond motifs is 2. The Bertz CT molecular complexity index is 1640. The largest absolute Gasteiger partial charge is 0.489 e. The second-order valence-electron chi connectivity index (χ2n) is 8.73. The molecule has 1 aliphatic heterocycles. The summed E-state index contributed by atoms with van der Waals surface area (Å²) in [4.78, 5) is 29.8. The van der Waals surface area contributed by atoms with Gasteiger partial charge in [-0.3, -0.25) is 9.36 Å². The fraction of sp³-hybridized carbons (Fsp3) is 0.231. The highest BCUT2D eigenvalue weighted by Gasteiger charge is 2.35. The quantitative estimate of drug-likeness (QED) is 0.332. The molecule has 0 radical (unpaired) electrons. The number of halogens is 1. The van der Waals surface area contributed by atoms with Gasteiger partial charge in [0.15, 0.2) is 11.3 Å². The van der Waals surface area contributed by atoms with Gasteiger partial charge in [0.05, 0.1) is 7.11 Å². The van der Waals surface area contributed by atoms with Crippen LogP contribution in [0.15, 0.2) is 68.5 Å². The van der Waals surface area contributed by atoms with Crippen LogP contribution in [0.2, 0.25) is 0 Å². The number of methoxy groups -OCH3 is 1. The van der Waals surface area contributed by atoms with Crippen molar-refractivity contribution >= 4 is 33.0 Å². The Balaban J connectivity index is 1.58. The minimum absolute atomic E-state index is 0.0847. The van der Waals surface area contributed by atoms with Gasteiger partial charge in [0.25, 0.3) is 11.4 Å². The molecule has 9 nitrogen and oxygen atoms in total. The number of hydrogen-bond donors (Lipinski definition) is 0. The number of hydrogen-bond acceptors (Lipinski definition) is 7. The molecule has 10 heteroatoms. The number of para-hydroxylation sites is 2. The van der Waals surface area contributed by atoms with E-state index >= 15 is 0 Å². The number of nitrogens with zero attached hydrogens (tertiary/aromatic N) is 6. The Morgan fingerprint density at radius 3 is 2.72 bits per heavy atom. The number of imidazole rings is 1. The molecule has 0 saturated carbocycles.